The van der Waals surface area contributed by atoms with Gasteiger partial charge >= 0.3 is 0 Å². The van der Waals surface area contributed by atoms with Crippen LogP contribution >= 0.6 is 11.6 Å². The fourth-order valence-electron chi connectivity index (χ4n) is 1.18. The molecule has 0 aromatic heterocycles. The summed E-state index contributed by atoms with van der Waals surface area (Å²) in [5.41, 5.74) is 0.808. The molecule has 0 aliphatic heterocycles. The van der Waals surface area contributed by atoms with Crippen molar-refractivity contribution < 1.29 is 13.2 Å². The standard InChI is InChI=1S/C11H13ClN2O3S/c1-8(12)7-13-11(15)9-3-5-10(6-4-9)14-18(2,16)17/h3-6,14H,1,7H2,2H3,(H,13,15). The van der Waals surface area contributed by atoms with Crippen LogP contribution in [0.2, 0.25) is 0 Å². The van der Waals surface area contributed by atoms with Gasteiger partial charge in [0.1, 0.15) is 0 Å². The van der Waals surface area contributed by atoms with Gasteiger partial charge in [-0.1, -0.05) is 18.2 Å². The fraction of sp³-hybridized carbons (Fsp3) is 0.182. The average Bonchev–Trinajstić information content (AvgIpc) is 2.24. The Morgan fingerprint density at radius 3 is 2.33 bits per heavy atom. The van der Waals surface area contributed by atoms with Gasteiger partial charge in [0, 0.05) is 16.3 Å². The molecule has 1 amide bonds. The van der Waals surface area contributed by atoms with Gasteiger partial charge in [0.2, 0.25) is 10.0 Å². The Hall–Kier alpha value is -1.53. The predicted octanol–water partition coefficient (Wildman–Crippen LogP) is 1.54. The van der Waals surface area contributed by atoms with E-state index in [0.29, 0.717) is 16.3 Å². The molecule has 0 saturated heterocycles. The number of amides is 1. The van der Waals surface area contributed by atoms with Crippen molar-refractivity contribution in [2.45, 2.75) is 0 Å². The van der Waals surface area contributed by atoms with Crippen LogP contribution in [0, 0.1) is 0 Å². The van der Waals surface area contributed by atoms with Gasteiger partial charge < -0.3 is 5.32 Å². The minimum atomic E-state index is -3.31. The largest absolute Gasteiger partial charge is 0.347 e. The molecule has 0 heterocycles. The number of hydrogen-bond acceptors (Lipinski definition) is 3. The first-order chi connectivity index (χ1) is 8.28. The van der Waals surface area contributed by atoms with Gasteiger partial charge in [-0.25, -0.2) is 8.42 Å². The molecule has 0 radical (unpaired) electrons. The molecule has 5 nitrogen and oxygen atoms in total. The number of hydrogen-bond donors (Lipinski definition) is 2. The SMILES string of the molecule is C=C(Cl)CNC(=O)c1ccc(NS(C)(=O)=O)cc1. The zero-order chi connectivity index (χ0) is 13.8. The number of benzene rings is 1. The second-order valence-electron chi connectivity index (χ2n) is 3.65. The molecule has 98 valence electrons. The molecule has 0 atom stereocenters. The summed E-state index contributed by atoms with van der Waals surface area (Å²) in [6, 6.07) is 6.04. The van der Waals surface area contributed by atoms with E-state index in [1.807, 2.05) is 0 Å². The monoisotopic (exact) mass is 288 g/mol. The number of rotatable bonds is 5. The number of carbonyl (C=O) groups excluding carboxylic acids is 1. The normalized spacial score (nSPS) is 10.8. The van der Waals surface area contributed by atoms with Gasteiger partial charge in [-0.15, -0.1) is 0 Å². The van der Waals surface area contributed by atoms with Crippen LogP contribution in [0.4, 0.5) is 5.69 Å². The van der Waals surface area contributed by atoms with Gasteiger partial charge in [0.15, 0.2) is 0 Å². The third-order valence-corrected chi connectivity index (χ3v) is 2.63. The summed E-state index contributed by atoms with van der Waals surface area (Å²) in [6.45, 7) is 3.63. The lowest BCUT2D eigenvalue weighted by Gasteiger charge is -2.06. The minimum Gasteiger partial charge on any atom is -0.347 e. The van der Waals surface area contributed by atoms with Crippen LogP contribution in [0.5, 0.6) is 0 Å². The smallest absolute Gasteiger partial charge is 0.251 e. The number of anilines is 1. The molecule has 0 saturated carbocycles. The van der Waals surface area contributed by atoms with E-state index in [0.717, 1.165) is 6.26 Å². The fourth-order valence-corrected chi connectivity index (χ4v) is 1.81. The van der Waals surface area contributed by atoms with Gasteiger partial charge in [0.05, 0.1) is 12.8 Å². The van der Waals surface area contributed by atoms with Crippen molar-refractivity contribution >= 4 is 33.2 Å². The van der Waals surface area contributed by atoms with E-state index < -0.39 is 10.0 Å². The first kappa shape index (κ1) is 14.5. The number of carbonyl (C=O) groups is 1. The molecule has 18 heavy (non-hydrogen) atoms. The Kier molecular flexibility index (Phi) is 4.75. The summed E-state index contributed by atoms with van der Waals surface area (Å²) in [6.07, 6.45) is 1.06. The van der Waals surface area contributed by atoms with Crippen molar-refractivity contribution in [3.8, 4) is 0 Å². The molecular formula is C11H13ClN2O3S. The van der Waals surface area contributed by atoms with Crippen LogP contribution in [0.25, 0.3) is 0 Å². The van der Waals surface area contributed by atoms with Gasteiger partial charge in [-0.3, -0.25) is 9.52 Å². The topological polar surface area (TPSA) is 75.3 Å². The molecule has 0 fully saturated rings. The molecule has 1 rings (SSSR count). The molecule has 0 spiro atoms. The van der Waals surface area contributed by atoms with E-state index in [1.165, 1.54) is 24.3 Å². The highest BCUT2D eigenvalue weighted by molar-refractivity contribution is 7.92. The maximum atomic E-state index is 11.6. The third-order valence-electron chi connectivity index (χ3n) is 1.89. The molecule has 0 unspecified atom stereocenters. The Bertz CT molecular complexity index is 552. The van der Waals surface area contributed by atoms with Crippen molar-refractivity contribution in [3.63, 3.8) is 0 Å². The van der Waals surface area contributed by atoms with Crippen LogP contribution in [0.3, 0.4) is 0 Å². The summed E-state index contributed by atoms with van der Waals surface area (Å²) >= 11 is 5.52. The Balaban J connectivity index is 2.71. The van der Waals surface area contributed by atoms with Crippen LogP contribution in [0.1, 0.15) is 10.4 Å². The van der Waals surface area contributed by atoms with E-state index >= 15 is 0 Å². The lowest BCUT2D eigenvalue weighted by atomic mass is 10.2. The highest BCUT2D eigenvalue weighted by Gasteiger charge is 2.06. The van der Waals surface area contributed by atoms with E-state index in [4.69, 9.17) is 11.6 Å². The number of halogens is 1. The van der Waals surface area contributed by atoms with Crippen molar-refractivity contribution in [1.29, 1.82) is 0 Å². The Morgan fingerprint density at radius 1 is 1.33 bits per heavy atom. The van der Waals surface area contributed by atoms with Crippen LogP contribution < -0.4 is 10.0 Å². The van der Waals surface area contributed by atoms with Crippen molar-refractivity contribution in [2.75, 3.05) is 17.5 Å². The summed E-state index contributed by atoms with van der Waals surface area (Å²) in [4.78, 5) is 11.6. The maximum Gasteiger partial charge on any atom is 0.251 e. The Morgan fingerprint density at radius 2 is 1.89 bits per heavy atom. The highest BCUT2D eigenvalue weighted by Crippen LogP contribution is 2.10. The second-order valence-corrected chi connectivity index (χ2v) is 5.93. The lowest BCUT2D eigenvalue weighted by Crippen LogP contribution is -2.24. The molecule has 0 bridgehead atoms. The summed E-state index contributed by atoms with van der Waals surface area (Å²) in [5, 5.41) is 2.89. The maximum absolute atomic E-state index is 11.6. The van der Waals surface area contributed by atoms with Crippen molar-refractivity contribution in [2.24, 2.45) is 0 Å². The molecule has 0 aliphatic rings. The lowest BCUT2D eigenvalue weighted by molar-refractivity contribution is 0.0957. The summed E-state index contributed by atoms with van der Waals surface area (Å²) in [5.74, 6) is -0.303. The first-order valence-electron chi connectivity index (χ1n) is 4.97. The van der Waals surface area contributed by atoms with E-state index in [1.54, 1.807) is 0 Å². The van der Waals surface area contributed by atoms with Gasteiger partial charge in [-0.05, 0) is 24.3 Å². The molecule has 7 heteroatoms. The summed E-state index contributed by atoms with van der Waals surface area (Å²) in [7, 11) is -3.31. The van der Waals surface area contributed by atoms with E-state index in [-0.39, 0.29) is 12.5 Å². The first-order valence-corrected chi connectivity index (χ1v) is 7.24. The highest BCUT2D eigenvalue weighted by atomic mass is 35.5. The minimum absolute atomic E-state index is 0.184. The number of sulfonamides is 1. The molecule has 1 aromatic carbocycles. The van der Waals surface area contributed by atoms with Gasteiger partial charge in [-0.2, -0.15) is 0 Å². The second kappa shape index (κ2) is 5.88. The zero-order valence-corrected chi connectivity index (χ0v) is 11.3. The van der Waals surface area contributed by atoms with Crippen molar-refractivity contribution in [1.82, 2.24) is 5.32 Å². The van der Waals surface area contributed by atoms with Crippen LogP contribution in [-0.4, -0.2) is 27.1 Å². The third kappa shape index (κ3) is 5.20. The van der Waals surface area contributed by atoms with E-state index in [2.05, 4.69) is 16.6 Å². The van der Waals surface area contributed by atoms with Crippen LogP contribution in [0.15, 0.2) is 35.9 Å². The molecule has 0 aliphatic carbocycles. The zero-order valence-electron chi connectivity index (χ0n) is 9.73. The van der Waals surface area contributed by atoms with E-state index in [9.17, 15) is 13.2 Å². The van der Waals surface area contributed by atoms with Gasteiger partial charge in [0.25, 0.3) is 5.91 Å². The number of nitrogens with one attached hydrogen (secondary N) is 2. The molecular weight excluding hydrogens is 276 g/mol. The van der Waals surface area contributed by atoms with Crippen LogP contribution in [-0.2, 0) is 10.0 Å². The Labute approximate surface area is 111 Å². The van der Waals surface area contributed by atoms with Crippen molar-refractivity contribution in [3.05, 3.63) is 41.4 Å². The molecule has 2 N–H and O–H groups in total. The predicted molar refractivity (Wildman–Crippen MR) is 72.2 cm³/mol. The summed E-state index contributed by atoms with van der Waals surface area (Å²) < 4.78 is 24.3. The quantitative estimate of drug-likeness (QED) is 0.863. The molecule has 1 aromatic rings. The average molecular weight is 289 g/mol.